The van der Waals surface area contributed by atoms with Gasteiger partial charge in [0.05, 0.1) is 0 Å². The maximum absolute atomic E-state index is 4.19. The molecule has 1 atom stereocenters. The number of nitrogens with one attached hydrogen (secondary N) is 1. The summed E-state index contributed by atoms with van der Waals surface area (Å²) in [5.41, 5.74) is 1.31. The van der Waals surface area contributed by atoms with Crippen LogP contribution < -0.4 is 5.32 Å². The van der Waals surface area contributed by atoms with Crippen LogP contribution in [0.1, 0.15) is 12.5 Å². The fourth-order valence-corrected chi connectivity index (χ4v) is 2.51. The highest BCUT2D eigenvalue weighted by Crippen LogP contribution is 2.10. The Bertz CT molecular complexity index is 343. The van der Waals surface area contributed by atoms with Gasteiger partial charge in [-0.3, -0.25) is 4.98 Å². The zero-order valence-corrected chi connectivity index (χ0v) is 11.2. The van der Waals surface area contributed by atoms with Crippen LogP contribution in [0.4, 0.5) is 0 Å². The Morgan fingerprint density at radius 3 is 3.19 bits per heavy atom. The number of aromatic nitrogens is 1. The first-order chi connectivity index (χ1) is 7.74. The number of rotatable bonds is 3. The molecule has 2 heterocycles. The molecule has 4 heteroatoms. The van der Waals surface area contributed by atoms with Gasteiger partial charge in [0.25, 0.3) is 0 Å². The molecule has 0 spiro atoms. The monoisotopic (exact) mass is 283 g/mol. The number of pyridine rings is 1. The quantitative estimate of drug-likeness (QED) is 0.915. The van der Waals surface area contributed by atoms with Crippen LogP contribution >= 0.6 is 15.9 Å². The zero-order valence-electron chi connectivity index (χ0n) is 9.62. The van der Waals surface area contributed by atoms with E-state index in [0.717, 1.165) is 37.1 Å². The minimum atomic E-state index is 0.620. The third kappa shape index (κ3) is 3.54. The SMILES string of the molecule is C[C@@H]1CN(CCc2cncc(Br)c2)CCN1. The third-order valence-electron chi connectivity index (χ3n) is 2.93. The van der Waals surface area contributed by atoms with Crippen LogP contribution in [-0.4, -0.2) is 42.1 Å². The van der Waals surface area contributed by atoms with E-state index in [-0.39, 0.29) is 0 Å². The van der Waals surface area contributed by atoms with Gasteiger partial charge in [0.15, 0.2) is 0 Å². The normalized spacial score (nSPS) is 22.2. The molecule has 0 bridgehead atoms. The van der Waals surface area contributed by atoms with Gasteiger partial charge in [-0.2, -0.15) is 0 Å². The van der Waals surface area contributed by atoms with Gasteiger partial charge in [0.1, 0.15) is 0 Å². The van der Waals surface area contributed by atoms with Gasteiger partial charge in [0.2, 0.25) is 0 Å². The van der Waals surface area contributed by atoms with E-state index < -0.39 is 0 Å². The predicted molar refractivity (Wildman–Crippen MR) is 69.5 cm³/mol. The van der Waals surface area contributed by atoms with Gasteiger partial charge in [0, 0.05) is 49.1 Å². The van der Waals surface area contributed by atoms with Crippen molar-refractivity contribution in [1.29, 1.82) is 0 Å². The molecule has 3 nitrogen and oxygen atoms in total. The highest BCUT2D eigenvalue weighted by molar-refractivity contribution is 9.10. The average molecular weight is 284 g/mol. The molecule has 0 amide bonds. The van der Waals surface area contributed by atoms with Gasteiger partial charge < -0.3 is 10.2 Å². The molecule has 0 aromatic carbocycles. The number of hydrogen-bond acceptors (Lipinski definition) is 3. The molecule has 1 N–H and O–H groups in total. The molecule has 1 aromatic heterocycles. The van der Waals surface area contributed by atoms with Crippen molar-refractivity contribution in [2.24, 2.45) is 0 Å². The van der Waals surface area contributed by atoms with Crippen molar-refractivity contribution in [3.8, 4) is 0 Å². The lowest BCUT2D eigenvalue weighted by Crippen LogP contribution is -2.49. The van der Waals surface area contributed by atoms with E-state index >= 15 is 0 Å². The van der Waals surface area contributed by atoms with E-state index in [0.29, 0.717) is 6.04 Å². The lowest BCUT2D eigenvalue weighted by Gasteiger charge is -2.31. The minimum absolute atomic E-state index is 0.620. The summed E-state index contributed by atoms with van der Waals surface area (Å²) in [6.07, 6.45) is 4.87. The van der Waals surface area contributed by atoms with Crippen molar-refractivity contribution >= 4 is 15.9 Å². The summed E-state index contributed by atoms with van der Waals surface area (Å²) in [4.78, 5) is 6.70. The van der Waals surface area contributed by atoms with Crippen LogP contribution in [0.15, 0.2) is 22.9 Å². The predicted octanol–water partition coefficient (Wildman–Crippen LogP) is 1.68. The highest BCUT2D eigenvalue weighted by Gasteiger charge is 2.14. The molecule has 0 saturated carbocycles. The molecule has 1 aliphatic heterocycles. The summed E-state index contributed by atoms with van der Waals surface area (Å²) in [5, 5.41) is 3.46. The first-order valence-corrected chi connectivity index (χ1v) is 6.58. The Morgan fingerprint density at radius 1 is 1.56 bits per heavy atom. The van der Waals surface area contributed by atoms with Crippen LogP contribution in [0.5, 0.6) is 0 Å². The summed E-state index contributed by atoms with van der Waals surface area (Å²) in [7, 11) is 0. The van der Waals surface area contributed by atoms with Gasteiger partial charge in [-0.25, -0.2) is 0 Å². The van der Waals surface area contributed by atoms with Crippen LogP contribution in [0, 0.1) is 0 Å². The molecule has 0 unspecified atom stereocenters. The van der Waals surface area contributed by atoms with Crippen LogP contribution in [0.25, 0.3) is 0 Å². The van der Waals surface area contributed by atoms with Crippen LogP contribution in [0.3, 0.4) is 0 Å². The number of nitrogens with zero attached hydrogens (tertiary/aromatic N) is 2. The Morgan fingerprint density at radius 2 is 2.44 bits per heavy atom. The largest absolute Gasteiger partial charge is 0.312 e. The Kier molecular flexibility index (Phi) is 4.32. The van der Waals surface area contributed by atoms with Gasteiger partial charge in [-0.05, 0) is 40.9 Å². The smallest absolute Gasteiger partial charge is 0.0410 e. The fourth-order valence-electron chi connectivity index (χ4n) is 2.10. The molecule has 0 aliphatic carbocycles. The Labute approximate surface area is 105 Å². The first-order valence-electron chi connectivity index (χ1n) is 5.79. The molecule has 2 rings (SSSR count). The molecule has 0 radical (unpaired) electrons. The van der Waals surface area contributed by atoms with E-state index in [1.54, 1.807) is 0 Å². The van der Waals surface area contributed by atoms with Gasteiger partial charge in [-0.15, -0.1) is 0 Å². The first kappa shape index (κ1) is 12.0. The van der Waals surface area contributed by atoms with E-state index in [1.807, 2.05) is 12.4 Å². The van der Waals surface area contributed by atoms with Crippen molar-refractivity contribution in [3.05, 3.63) is 28.5 Å². The van der Waals surface area contributed by atoms with Crippen molar-refractivity contribution in [1.82, 2.24) is 15.2 Å². The average Bonchev–Trinajstić information content (AvgIpc) is 2.27. The van der Waals surface area contributed by atoms with Crippen LogP contribution in [-0.2, 0) is 6.42 Å². The molecular weight excluding hydrogens is 266 g/mol. The summed E-state index contributed by atoms with van der Waals surface area (Å²) in [5.74, 6) is 0. The second-order valence-electron chi connectivity index (χ2n) is 4.42. The maximum atomic E-state index is 4.19. The molecule has 1 aromatic rings. The minimum Gasteiger partial charge on any atom is -0.312 e. The zero-order chi connectivity index (χ0) is 11.4. The number of hydrogen-bond donors (Lipinski definition) is 1. The molecular formula is C12H18BrN3. The van der Waals surface area contributed by atoms with Crippen molar-refractivity contribution < 1.29 is 0 Å². The Hall–Kier alpha value is -0.450. The van der Waals surface area contributed by atoms with E-state index in [1.165, 1.54) is 5.56 Å². The molecule has 16 heavy (non-hydrogen) atoms. The molecule has 1 aliphatic rings. The van der Waals surface area contributed by atoms with E-state index in [9.17, 15) is 0 Å². The highest BCUT2D eigenvalue weighted by atomic mass is 79.9. The molecule has 1 saturated heterocycles. The van der Waals surface area contributed by atoms with E-state index in [4.69, 9.17) is 0 Å². The second kappa shape index (κ2) is 5.75. The van der Waals surface area contributed by atoms with Gasteiger partial charge in [-0.1, -0.05) is 0 Å². The lowest BCUT2D eigenvalue weighted by atomic mass is 10.2. The number of piperazine rings is 1. The van der Waals surface area contributed by atoms with E-state index in [2.05, 4.69) is 44.1 Å². The Balaban J connectivity index is 1.82. The summed E-state index contributed by atoms with van der Waals surface area (Å²) in [6.45, 7) is 6.79. The molecule has 1 fully saturated rings. The van der Waals surface area contributed by atoms with Crippen molar-refractivity contribution in [2.45, 2.75) is 19.4 Å². The second-order valence-corrected chi connectivity index (χ2v) is 5.33. The van der Waals surface area contributed by atoms with Crippen LogP contribution in [0.2, 0.25) is 0 Å². The topological polar surface area (TPSA) is 28.2 Å². The lowest BCUT2D eigenvalue weighted by molar-refractivity contribution is 0.209. The maximum Gasteiger partial charge on any atom is 0.0410 e. The fraction of sp³-hybridized carbons (Fsp3) is 0.583. The summed E-state index contributed by atoms with van der Waals surface area (Å²) < 4.78 is 1.07. The number of halogens is 1. The van der Waals surface area contributed by atoms with Crippen molar-refractivity contribution in [2.75, 3.05) is 26.2 Å². The molecule has 88 valence electrons. The summed E-state index contributed by atoms with van der Waals surface area (Å²) in [6, 6.07) is 2.77. The third-order valence-corrected chi connectivity index (χ3v) is 3.36. The van der Waals surface area contributed by atoms with Crippen molar-refractivity contribution in [3.63, 3.8) is 0 Å². The summed E-state index contributed by atoms with van der Waals surface area (Å²) >= 11 is 3.45. The van der Waals surface area contributed by atoms with Gasteiger partial charge >= 0.3 is 0 Å². The standard InChI is InChI=1S/C12H18BrN3/c1-10-9-16(5-3-15-10)4-2-11-6-12(13)8-14-7-11/h6-8,10,15H,2-5,9H2,1H3/t10-/m1/s1.